The van der Waals surface area contributed by atoms with Gasteiger partial charge in [0, 0.05) is 0 Å². The largest absolute Gasteiger partial charge is 0.464 e. The van der Waals surface area contributed by atoms with Gasteiger partial charge < -0.3 is 10.1 Å². The van der Waals surface area contributed by atoms with Crippen LogP contribution in [0.1, 0.15) is 50.2 Å². The van der Waals surface area contributed by atoms with E-state index in [1.807, 2.05) is 31.2 Å². The van der Waals surface area contributed by atoms with Crippen LogP contribution in [0.2, 0.25) is 0 Å². The number of imide groups is 1. The molecule has 1 N–H and O–H groups in total. The highest BCUT2D eigenvalue weighted by Crippen LogP contribution is 2.29. The Labute approximate surface area is 153 Å². The standard InChI is InChI=1S/C20H26N2O4/c1-14-8-10-16(11-9-14)20(2)18(24)22(19(25)21-20)12-17(23)26-13-15-6-4-3-5-7-15/h8-11,15H,3-7,12-13H2,1-2H3,(H,21,25)/t20-/m1/s1. The smallest absolute Gasteiger partial charge is 0.326 e. The van der Waals surface area contributed by atoms with Gasteiger partial charge in [0.1, 0.15) is 12.1 Å². The molecule has 1 heterocycles. The van der Waals surface area contributed by atoms with Crippen LogP contribution in [-0.4, -0.2) is 36.0 Å². The summed E-state index contributed by atoms with van der Waals surface area (Å²) in [5.41, 5.74) is 0.603. The average molecular weight is 358 g/mol. The molecule has 0 spiro atoms. The SMILES string of the molecule is Cc1ccc([C@@]2(C)NC(=O)N(CC(=O)OCC3CCCCC3)C2=O)cc1. The lowest BCUT2D eigenvalue weighted by molar-refractivity contribution is -0.149. The molecule has 1 saturated heterocycles. The molecule has 6 heteroatoms. The van der Waals surface area contributed by atoms with E-state index >= 15 is 0 Å². The zero-order chi connectivity index (χ0) is 18.7. The van der Waals surface area contributed by atoms with Crippen LogP contribution in [-0.2, 0) is 19.9 Å². The van der Waals surface area contributed by atoms with Crippen molar-refractivity contribution in [3.8, 4) is 0 Å². The Morgan fingerprint density at radius 3 is 2.50 bits per heavy atom. The van der Waals surface area contributed by atoms with E-state index in [1.165, 1.54) is 19.3 Å². The maximum atomic E-state index is 12.8. The molecule has 0 unspecified atom stereocenters. The highest BCUT2D eigenvalue weighted by molar-refractivity contribution is 6.08. The number of benzene rings is 1. The van der Waals surface area contributed by atoms with Crippen molar-refractivity contribution in [3.63, 3.8) is 0 Å². The Morgan fingerprint density at radius 1 is 1.19 bits per heavy atom. The first kappa shape index (κ1) is 18.4. The van der Waals surface area contributed by atoms with Gasteiger partial charge in [0.2, 0.25) is 0 Å². The summed E-state index contributed by atoms with van der Waals surface area (Å²) in [6.07, 6.45) is 5.72. The Morgan fingerprint density at radius 2 is 1.85 bits per heavy atom. The minimum atomic E-state index is -1.16. The third-order valence-corrected chi connectivity index (χ3v) is 5.40. The van der Waals surface area contributed by atoms with Crippen molar-refractivity contribution >= 4 is 17.9 Å². The van der Waals surface area contributed by atoms with Gasteiger partial charge >= 0.3 is 12.0 Å². The molecule has 1 aliphatic heterocycles. The number of rotatable bonds is 5. The first-order valence-corrected chi connectivity index (χ1v) is 9.27. The molecule has 3 rings (SSSR count). The molecule has 1 atom stereocenters. The second-order valence-electron chi connectivity index (χ2n) is 7.50. The molecule has 1 saturated carbocycles. The Balaban J connectivity index is 1.61. The lowest BCUT2D eigenvalue weighted by Crippen LogP contribution is -2.41. The van der Waals surface area contributed by atoms with Crippen molar-refractivity contribution in [2.24, 2.45) is 5.92 Å². The minimum absolute atomic E-state index is 0.348. The zero-order valence-corrected chi connectivity index (χ0v) is 15.4. The molecule has 0 aromatic heterocycles. The molecule has 26 heavy (non-hydrogen) atoms. The topological polar surface area (TPSA) is 75.7 Å². The van der Waals surface area contributed by atoms with Gasteiger partial charge in [-0.25, -0.2) is 4.79 Å². The number of aryl methyl sites for hydroxylation is 1. The van der Waals surface area contributed by atoms with Crippen molar-refractivity contribution in [2.45, 2.75) is 51.5 Å². The molecule has 6 nitrogen and oxygen atoms in total. The van der Waals surface area contributed by atoms with Gasteiger partial charge in [-0.2, -0.15) is 0 Å². The number of hydrogen-bond acceptors (Lipinski definition) is 4. The summed E-state index contributed by atoms with van der Waals surface area (Å²) in [5.74, 6) is -0.568. The van der Waals surface area contributed by atoms with Crippen LogP contribution in [0.15, 0.2) is 24.3 Å². The normalized spacial score (nSPS) is 23.8. The van der Waals surface area contributed by atoms with E-state index in [1.54, 1.807) is 6.92 Å². The fraction of sp³-hybridized carbons (Fsp3) is 0.550. The molecule has 0 bridgehead atoms. The van der Waals surface area contributed by atoms with Crippen LogP contribution in [0, 0.1) is 12.8 Å². The zero-order valence-electron chi connectivity index (χ0n) is 15.4. The van der Waals surface area contributed by atoms with Crippen LogP contribution >= 0.6 is 0 Å². The number of hydrogen-bond donors (Lipinski definition) is 1. The van der Waals surface area contributed by atoms with Crippen molar-refractivity contribution in [1.29, 1.82) is 0 Å². The van der Waals surface area contributed by atoms with Crippen LogP contribution < -0.4 is 5.32 Å². The van der Waals surface area contributed by atoms with Gasteiger partial charge in [0.25, 0.3) is 5.91 Å². The van der Waals surface area contributed by atoms with Crippen LogP contribution in [0.3, 0.4) is 0 Å². The van der Waals surface area contributed by atoms with Crippen LogP contribution in [0.5, 0.6) is 0 Å². The molecular weight excluding hydrogens is 332 g/mol. The van der Waals surface area contributed by atoms with Crippen molar-refractivity contribution in [3.05, 3.63) is 35.4 Å². The van der Waals surface area contributed by atoms with E-state index < -0.39 is 23.4 Å². The number of amides is 3. The molecule has 1 aliphatic carbocycles. The lowest BCUT2D eigenvalue weighted by atomic mass is 9.90. The van der Waals surface area contributed by atoms with Gasteiger partial charge in [0.15, 0.2) is 0 Å². The summed E-state index contributed by atoms with van der Waals surface area (Å²) in [7, 11) is 0. The molecule has 1 aromatic carbocycles. The molecule has 0 radical (unpaired) electrons. The summed E-state index contributed by atoms with van der Waals surface area (Å²) >= 11 is 0. The van der Waals surface area contributed by atoms with Gasteiger partial charge in [-0.1, -0.05) is 49.1 Å². The highest BCUT2D eigenvalue weighted by Gasteiger charge is 2.49. The Bertz CT molecular complexity index is 694. The third-order valence-electron chi connectivity index (χ3n) is 5.40. The van der Waals surface area contributed by atoms with Crippen molar-refractivity contribution in [2.75, 3.05) is 13.2 Å². The second-order valence-corrected chi connectivity index (χ2v) is 7.50. The first-order valence-electron chi connectivity index (χ1n) is 9.27. The second kappa shape index (κ2) is 7.48. The van der Waals surface area contributed by atoms with E-state index in [0.29, 0.717) is 18.1 Å². The van der Waals surface area contributed by atoms with E-state index in [2.05, 4.69) is 5.32 Å². The summed E-state index contributed by atoms with van der Waals surface area (Å²) in [5, 5.41) is 2.71. The number of esters is 1. The highest BCUT2D eigenvalue weighted by atomic mass is 16.5. The number of nitrogens with zero attached hydrogens (tertiary/aromatic N) is 1. The summed E-state index contributed by atoms with van der Waals surface area (Å²) < 4.78 is 5.32. The Kier molecular flexibility index (Phi) is 5.30. The molecule has 140 valence electrons. The Hall–Kier alpha value is -2.37. The van der Waals surface area contributed by atoms with E-state index in [9.17, 15) is 14.4 Å². The molecule has 3 amide bonds. The molecule has 1 aromatic rings. The molecule has 2 fully saturated rings. The third kappa shape index (κ3) is 3.74. The number of carbonyl (C=O) groups is 3. The number of nitrogens with one attached hydrogen (secondary N) is 1. The summed E-state index contributed by atoms with van der Waals surface area (Å²) in [6.45, 7) is 3.64. The van der Waals surface area contributed by atoms with Crippen LogP contribution in [0.4, 0.5) is 4.79 Å². The number of ether oxygens (including phenoxy) is 1. The van der Waals surface area contributed by atoms with Crippen molar-refractivity contribution in [1.82, 2.24) is 10.2 Å². The average Bonchev–Trinajstić information content (AvgIpc) is 2.85. The fourth-order valence-corrected chi connectivity index (χ4v) is 3.66. The van der Waals surface area contributed by atoms with E-state index in [0.717, 1.165) is 23.3 Å². The predicted molar refractivity (Wildman–Crippen MR) is 96.3 cm³/mol. The van der Waals surface area contributed by atoms with Crippen molar-refractivity contribution < 1.29 is 19.1 Å². The lowest BCUT2D eigenvalue weighted by Gasteiger charge is -2.23. The van der Waals surface area contributed by atoms with Gasteiger partial charge in [0.05, 0.1) is 6.61 Å². The van der Waals surface area contributed by atoms with Gasteiger partial charge in [-0.05, 0) is 38.2 Å². The van der Waals surface area contributed by atoms with Crippen LogP contribution in [0.25, 0.3) is 0 Å². The number of carbonyl (C=O) groups excluding carboxylic acids is 3. The first-order chi connectivity index (χ1) is 12.4. The van der Waals surface area contributed by atoms with E-state index in [4.69, 9.17) is 4.74 Å². The summed E-state index contributed by atoms with van der Waals surface area (Å²) in [4.78, 5) is 38.1. The van der Waals surface area contributed by atoms with E-state index in [-0.39, 0.29) is 6.54 Å². The molecular formula is C20H26N2O4. The maximum Gasteiger partial charge on any atom is 0.326 e. The van der Waals surface area contributed by atoms with Gasteiger partial charge in [-0.15, -0.1) is 0 Å². The monoisotopic (exact) mass is 358 g/mol. The quantitative estimate of drug-likeness (QED) is 0.649. The van der Waals surface area contributed by atoms with Gasteiger partial charge in [-0.3, -0.25) is 14.5 Å². The molecule has 2 aliphatic rings. The number of urea groups is 1. The maximum absolute atomic E-state index is 12.8. The fourth-order valence-electron chi connectivity index (χ4n) is 3.66. The predicted octanol–water partition coefficient (Wildman–Crippen LogP) is 2.89. The summed E-state index contributed by atoms with van der Waals surface area (Å²) in [6, 6.07) is 6.85. The minimum Gasteiger partial charge on any atom is -0.464 e.